The summed E-state index contributed by atoms with van der Waals surface area (Å²) in [6, 6.07) is 1.72. The third-order valence-corrected chi connectivity index (χ3v) is 4.46. The van der Waals surface area contributed by atoms with Crippen LogP contribution in [0.5, 0.6) is 0 Å². The van der Waals surface area contributed by atoms with Gasteiger partial charge in [-0.05, 0) is 52.0 Å². The molecule has 2 heteroatoms. The Morgan fingerprint density at radius 2 is 2.07 bits per heavy atom. The van der Waals surface area contributed by atoms with E-state index in [2.05, 4.69) is 17.1 Å². The highest BCUT2D eigenvalue weighted by Crippen LogP contribution is 2.43. The second kappa shape index (κ2) is 3.21. The summed E-state index contributed by atoms with van der Waals surface area (Å²) in [4.78, 5) is 2.84. The molecule has 0 aromatic carbocycles. The molecule has 1 spiro atoms. The maximum atomic E-state index is 3.69. The van der Waals surface area contributed by atoms with Crippen LogP contribution in [-0.4, -0.2) is 35.6 Å². The van der Waals surface area contributed by atoms with Gasteiger partial charge in [0.25, 0.3) is 0 Å². The van der Waals surface area contributed by atoms with Crippen molar-refractivity contribution in [1.82, 2.24) is 10.2 Å². The van der Waals surface area contributed by atoms with Crippen molar-refractivity contribution in [2.24, 2.45) is 0 Å². The van der Waals surface area contributed by atoms with Crippen molar-refractivity contribution in [3.8, 4) is 0 Å². The van der Waals surface area contributed by atoms with Gasteiger partial charge in [0.15, 0.2) is 0 Å². The summed E-state index contributed by atoms with van der Waals surface area (Å²) < 4.78 is 0. The van der Waals surface area contributed by atoms with E-state index < -0.39 is 0 Å². The Morgan fingerprint density at radius 1 is 1.21 bits per heavy atom. The fourth-order valence-corrected chi connectivity index (χ4v) is 3.41. The zero-order chi connectivity index (χ0) is 9.60. The van der Waals surface area contributed by atoms with E-state index in [1.165, 1.54) is 51.6 Å². The van der Waals surface area contributed by atoms with E-state index in [9.17, 15) is 0 Å². The normalized spacial score (nSPS) is 44.8. The van der Waals surface area contributed by atoms with E-state index >= 15 is 0 Å². The summed E-state index contributed by atoms with van der Waals surface area (Å²) in [7, 11) is 0. The largest absolute Gasteiger partial charge is 0.312 e. The first kappa shape index (κ1) is 9.17. The van der Waals surface area contributed by atoms with Gasteiger partial charge in [-0.1, -0.05) is 0 Å². The maximum absolute atomic E-state index is 3.69. The Morgan fingerprint density at radius 3 is 2.71 bits per heavy atom. The van der Waals surface area contributed by atoms with Gasteiger partial charge in [-0.2, -0.15) is 0 Å². The van der Waals surface area contributed by atoms with Crippen molar-refractivity contribution in [3.05, 3.63) is 0 Å². The minimum absolute atomic E-state index is 0.577. The first-order valence-electron chi connectivity index (χ1n) is 6.30. The lowest BCUT2D eigenvalue weighted by molar-refractivity contribution is 0.0866. The van der Waals surface area contributed by atoms with Crippen LogP contribution in [-0.2, 0) is 0 Å². The van der Waals surface area contributed by atoms with Crippen LogP contribution >= 0.6 is 0 Å². The van der Waals surface area contributed by atoms with Gasteiger partial charge in [0.1, 0.15) is 0 Å². The van der Waals surface area contributed by atoms with Gasteiger partial charge in [0, 0.05) is 24.2 Å². The number of hydrogen-bond acceptors (Lipinski definition) is 2. The number of nitrogens with one attached hydrogen (secondary N) is 1. The Kier molecular flexibility index (Phi) is 2.10. The van der Waals surface area contributed by atoms with Crippen LogP contribution in [0.15, 0.2) is 0 Å². The predicted octanol–water partition coefficient (Wildman–Crippen LogP) is 1.76. The molecule has 1 N–H and O–H groups in total. The molecule has 0 amide bonds. The summed E-state index contributed by atoms with van der Waals surface area (Å²) in [6.45, 7) is 4.95. The Hall–Kier alpha value is -0.0800. The SMILES string of the molecule is CC1CCC2(CCCN2C2CC2)CN1. The molecule has 0 aromatic heterocycles. The van der Waals surface area contributed by atoms with E-state index in [0.29, 0.717) is 5.54 Å². The van der Waals surface area contributed by atoms with Gasteiger partial charge in [0.05, 0.1) is 0 Å². The van der Waals surface area contributed by atoms with Crippen LogP contribution in [0, 0.1) is 0 Å². The Balaban J connectivity index is 1.73. The Labute approximate surface area is 87.0 Å². The molecule has 2 atom stereocenters. The molecular formula is C12H22N2. The number of likely N-dealkylation sites (tertiary alicyclic amines) is 1. The average Bonchev–Trinajstić information content (AvgIpc) is 2.95. The summed E-state index contributed by atoms with van der Waals surface area (Å²) in [5.74, 6) is 0. The monoisotopic (exact) mass is 194 g/mol. The summed E-state index contributed by atoms with van der Waals surface area (Å²) >= 11 is 0. The minimum atomic E-state index is 0.577. The molecule has 2 nitrogen and oxygen atoms in total. The van der Waals surface area contributed by atoms with Gasteiger partial charge in [0.2, 0.25) is 0 Å². The number of nitrogens with zero attached hydrogens (tertiary/aromatic N) is 1. The van der Waals surface area contributed by atoms with Crippen LogP contribution in [0.3, 0.4) is 0 Å². The summed E-state index contributed by atoms with van der Waals surface area (Å²) in [5.41, 5.74) is 0.577. The molecule has 80 valence electrons. The van der Waals surface area contributed by atoms with E-state index in [1.54, 1.807) is 0 Å². The highest BCUT2D eigenvalue weighted by Gasteiger charge is 2.48. The highest BCUT2D eigenvalue weighted by molar-refractivity contribution is 5.05. The molecule has 0 bridgehead atoms. The van der Waals surface area contributed by atoms with Crippen molar-refractivity contribution < 1.29 is 0 Å². The third-order valence-electron chi connectivity index (χ3n) is 4.46. The lowest BCUT2D eigenvalue weighted by atomic mass is 9.85. The molecule has 0 radical (unpaired) electrons. The van der Waals surface area contributed by atoms with Crippen LogP contribution < -0.4 is 5.32 Å². The number of piperidine rings is 1. The zero-order valence-electron chi connectivity index (χ0n) is 9.26. The maximum Gasteiger partial charge on any atom is 0.0338 e. The Bertz CT molecular complexity index is 214. The van der Waals surface area contributed by atoms with E-state index in [4.69, 9.17) is 0 Å². The molecule has 1 aliphatic carbocycles. The van der Waals surface area contributed by atoms with Crippen molar-refractivity contribution >= 4 is 0 Å². The third kappa shape index (κ3) is 1.40. The first-order valence-corrected chi connectivity index (χ1v) is 6.30. The van der Waals surface area contributed by atoms with Gasteiger partial charge < -0.3 is 5.32 Å². The molecule has 3 rings (SSSR count). The van der Waals surface area contributed by atoms with Gasteiger partial charge in [-0.3, -0.25) is 4.90 Å². The molecule has 2 aliphatic heterocycles. The van der Waals surface area contributed by atoms with Crippen LogP contribution in [0.25, 0.3) is 0 Å². The lowest BCUT2D eigenvalue weighted by Crippen LogP contribution is -2.57. The predicted molar refractivity (Wildman–Crippen MR) is 58.4 cm³/mol. The summed E-state index contributed by atoms with van der Waals surface area (Å²) in [5, 5.41) is 3.69. The molecular weight excluding hydrogens is 172 g/mol. The van der Waals surface area contributed by atoms with E-state index in [-0.39, 0.29) is 0 Å². The number of rotatable bonds is 1. The molecule has 14 heavy (non-hydrogen) atoms. The molecule has 3 fully saturated rings. The zero-order valence-corrected chi connectivity index (χ0v) is 9.26. The molecule has 1 saturated carbocycles. The van der Waals surface area contributed by atoms with E-state index in [1.807, 2.05) is 0 Å². The van der Waals surface area contributed by atoms with Crippen LogP contribution in [0.4, 0.5) is 0 Å². The molecule has 2 heterocycles. The fraction of sp³-hybridized carbons (Fsp3) is 1.00. The van der Waals surface area contributed by atoms with Crippen LogP contribution in [0.2, 0.25) is 0 Å². The highest BCUT2D eigenvalue weighted by atomic mass is 15.3. The van der Waals surface area contributed by atoms with Gasteiger partial charge in [-0.15, -0.1) is 0 Å². The van der Waals surface area contributed by atoms with Crippen molar-refractivity contribution in [2.75, 3.05) is 13.1 Å². The van der Waals surface area contributed by atoms with Crippen LogP contribution in [0.1, 0.15) is 45.4 Å². The fourth-order valence-electron chi connectivity index (χ4n) is 3.41. The van der Waals surface area contributed by atoms with Crippen molar-refractivity contribution in [3.63, 3.8) is 0 Å². The van der Waals surface area contributed by atoms with Gasteiger partial charge >= 0.3 is 0 Å². The minimum Gasteiger partial charge on any atom is -0.312 e. The second-order valence-electron chi connectivity index (χ2n) is 5.57. The number of hydrogen-bond donors (Lipinski definition) is 1. The molecule has 2 saturated heterocycles. The summed E-state index contributed by atoms with van der Waals surface area (Å²) in [6.07, 6.45) is 8.64. The van der Waals surface area contributed by atoms with Crippen molar-refractivity contribution in [2.45, 2.75) is 63.1 Å². The molecule has 3 aliphatic rings. The molecule has 0 aromatic rings. The van der Waals surface area contributed by atoms with Gasteiger partial charge in [-0.25, -0.2) is 0 Å². The second-order valence-corrected chi connectivity index (χ2v) is 5.57. The quantitative estimate of drug-likeness (QED) is 0.684. The van der Waals surface area contributed by atoms with E-state index in [0.717, 1.165) is 12.1 Å². The smallest absolute Gasteiger partial charge is 0.0338 e. The van der Waals surface area contributed by atoms with Crippen molar-refractivity contribution in [1.29, 1.82) is 0 Å². The standard InChI is InChI=1S/C12H22N2/c1-10-5-7-12(9-13-10)6-2-8-14(12)11-3-4-11/h10-11,13H,2-9H2,1H3. The lowest BCUT2D eigenvalue weighted by Gasteiger charge is -2.44. The molecule has 2 unspecified atom stereocenters. The average molecular weight is 194 g/mol. The topological polar surface area (TPSA) is 15.3 Å². The first-order chi connectivity index (χ1) is 6.80.